The molecular formula is C40H48F3N7O9. The summed E-state index contributed by atoms with van der Waals surface area (Å²) in [5.74, 6) is -4.47. The third kappa shape index (κ3) is 10.6. The zero-order chi connectivity index (χ0) is 42.4. The first-order valence-corrected chi connectivity index (χ1v) is 19.7. The SMILES string of the molecule is C[C@@H]1CC2C(=O)OC[C@H](NC(=O)[C@H](Cc3ccccc3)NC(=O)Nc3ccc(OC(F)(F)F)cc3)C(=O)N3CCC[C@H]3C(=O)N3CCCC[C@H]3C(=O)N[C@@H](C)C(=O)N2C1. The second-order valence-corrected chi connectivity index (χ2v) is 15.4. The van der Waals surface area contributed by atoms with Gasteiger partial charge in [-0.3, -0.25) is 24.0 Å². The predicted molar refractivity (Wildman–Crippen MR) is 203 cm³/mol. The van der Waals surface area contributed by atoms with Crippen LogP contribution in [0.3, 0.4) is 0 Å². The van der Waals surface area contributed by atoms with Crippen molar-refractivity contribution in [3.8, 4) is 5.75 Å². The van der Waals surface area contributed by atoms with E-state index in [4.69, 9.17) is 4.74 Å². The van der Waals surface area contributed by atoms with Crippen LogP contribution in [0.5, 0.6) is 5.75 Å². The van der Waals surface area contributed by atoms with Gasteiger partial charge in [-0.2, -0.15) is 0 Å². The Morgan fingerprint density at radius 3 is 2.24 bits per heavy atom. The number of piperidine rings is 1. The largest absolute Gasteiger partial charge is 0.573 e. The van der Waals surface area contributed by atoms with Gasteiger partial charge in [0.05, 0.1) is 0 Å². The first kappa shape index (κ1) is 42.7. The Kier molecular flexibility index (Phi) is 13.3. The molecule has 1 unspecified atom stereocenters. The number of amides is 7. The summed E-state index contributed by atoms with van der Waals surface area (Å²) in [6.07, 6.45) is -2.35. The molecule has 2 aromatic carbocycles. The molecule has 59 heavy (non-hydrogen) atoms. The van der Waals surface area contributed by atoms with Gasteiger partial charge >= 0.3 is 18.4 Å². The second-order valence-electron chi connectivity index (χ2n) is 15.4. The van der Waals surface area contributed by atoms with Gasteiger partial charge in [-0.1, -0.05) is 37.3 Å². The van der Waals surface area contributed by atoms with E-state index >= 15 is 0 Å². The van der Waals surface area contributed by atoms with Gasteiger partial charge in [-0.25, -0.2) is 9.59 Å². The fraction of sp³-hybridized carbons (Fsp3) is 0.525. The smallest absolute Gasteiger partial charge is 0.461 e. The van der Waals surface area contributed by atoms with Gasteiger partial charge < -0.3 is 45.4 Å². The number of cyclic esters (lactones) is 1. The highest BCUT2D eigenvalue weighted by molar-refractivity contribution is 5.98. The van der Waals surface area contributed by atoms with E-state index in [1.165, 1.54) is 33.8 Å². The Morgan fingerprint density at radius 2 is 1.53 bits per heavy atom. The number of carbonyl (C=O) groups excluding carboxylic acids is 7. The lowest BCUT2D eigenvalue weighted by Gasteiger charge is -2.39. The van der Waals surface area contributed by atoms with Crippen molar-refractivity contribution in [3.05, 3.63) is 60.2 Å². The molecule has 7 amide bonds. The van der Waals surface area contributed by atoms with Crippen LogP contribution in [0, 0.1) is 5.92 Å². The number of benzene rings is 2. The van der Waals surface area contributed by atoms with Crippen molar-refractivity contribution < 1.29 is 56.2 Å². The van der Waals surface area contributed by atoms with Gasteiger partial charge in [-0.05, 0) is 81.2 Å². The van der Waals surface area contributed by atoms with E-state index in [-0.39, 0.29) is 50.5 Å². The number of esters is 1. The van der Waals surface area contributed by atoms with Gasteiger partial charge in [0.15, 0.2) is 0 Å². The number of nitrogens with zero attached hydrogens (tertiary/aromatic N) is 3. The van der Waals surface area contributed by atoms with Crippen LogP contribution < -0.4 is 26.0 Å². The molecule has 19 heteroatoms. The van der Waals surface area contributed by atoms with Crippen molar-refractivity contribution in [1.82, 2.24) is 30.7 Å². The molecule has 2 aromatic rings. The Morgan fingerprint density at radius 1 is 0.847 bits per heavy atom. The number of urea groups is 1. The molecule has 318 valence electrons. The summed E-state index contributed by atoms with van der Waals surface area (Å²) in [5.41, 5.74) is 0.703. The Balaban J connectivity index is 1.27. The van der Waals surface area contributed by atoms with Gasteiger partial charge in [0, 0.05) is 31.7 Å². The minimum atomic E-state index is -4.91. The van der Waals surface area contributed by atoms with Gasteiger partial charge in [-0.15, -0.1) is 13.2 Å². The molecule has 4 N–H and O–H groups in total. The number of carbonyl (C=O) groups is 7. The lowest BCUT2D eigenvalue weighted by molar-refractivity contribution is -0.274. The standard InChI is InChI=1S/C40H48F3N7O9/c1-23-19-32-38(56)58-22-29(36(54)49-18-8-12-31(49)37(55)48-17-7-6-11-30(48)34(52)44-24(2)35(53)50(32)21-23)46-33(51)28(20-25-9-4-3-5-10-25)47-39(57)45-26-13-15-27(16-14-26)59-40(41,42)43/h3-5,9-10,13-16,23-24,28-32H,6-8,11-12,17-22H2,1-2H3,(H,44,52)(H,46,51)(H2,45,47,57)/t23-,24+,28+,29+,30+,31+,32?/m1/s1. The van der Waals surface area contributed by atoms with Crippen LogP contribution in [0.1, 0.15) is 57.9 Å². The highest BCUT2D eigenvalue weighted by Gasteiger charge is 2.46. The number of halogens is 3. The molecule has 4 fully saturated rings. The first-order chi connectivity index (χ1) is 28.1. The fourth-order valence-corrected chi connectivity index (χ4v) is 8.11. The Bertz CT molecular complexity index is 1900. The zero-order valence-corrected chi connectivity index (χ0v) is 32.7. The first-order valence-electron chi connectivity index (χ1n) is 19.7. The van der Waals surface area contributed by atoms with E-state index in [1.54, 1.807) is 30.3 Å². The fourth-order valence-electron chi connectivity index (χ4n) is 8.11. The van der Waals surface area contributed by atoms with Gasteiger partial charge in [0.25, 0.3) is 0 Å². The monoisotopic (exact) mass is 827 g/mol. The van der Waals surface area contributed by atoms with E-state index < -0.39 is 96.5 Å². The summed E-state index contributed by atoms with van der Waals surface area (Å²) < 4.78 is 47.5. The maximum atomic E-state index is 14.5. The summed E-state index contributed by atoms with van der Waals surface area (Å²) in [7, 11) is 0. The summed E-state index contributed by atoms with van der Waals surface area (Å²) in [6, 6.07) is 5.26. The molecule has 7 atom stereocenters. The predicted octanol–water partition coefficient (Wildman–Crippen LogP) is 2.47. The molecule has 4 saturated heterocycles. The normalized spacial score (nSPS) is 26.2. The van der Waals surface area contributed by atoms with E-state index in [0.29, 0.717) is 31.2 Å². The molecule has 0 aromatic heterocycles. The van der Waals surface area contributed by atoms with Crippen LogP contribution in [-0.4, -0.2) is 125 Å². The molecule has 0 spiro atoms. The number of alkyl halides is 3. The Labute approximate surface area is 338 Å². The summed E-state index contributed by atoms with van der Waals surface area (Å²) in [5, 5.41) is 10.4. The van der Waals surface area contributed by atoms with Crippen LogP contribution in [0.2, 0.25) is 0 Å². The lowest BCUT2D eigenvalue weighted by atomic mass is 9.99. The molecule has 6 rings (SSSR count). The van der Waals surface area contributed by atoms with Crippen LogP contribution in [0.15, 0.2) is 54.6 Å². The van der Waals surface area contributed by atoms with Crippen molar-refractivity contribution in [2.24, 2.45) is 5.92 Å². The highest BCUT2D eigenvalue weighted by Crippen LogP contribution is 2.28. The third-order valence-electron chi connectivity index (χ3n) is 11.0. The number of anilines is 1. The van der Waals surface area contributed by atoms with E-state index in [2.05, 4.69) is 26.0 Å². The molecule has 0 radical (unpaired) electrons. The van der Waals surface area contributed by atoms with E-state index in [9.17, 15) is 46.7 Å². The average Bonchev–Trinajstić information content (AvgIpc) is 3.86. The van der Waals surface area contributed by atoms with Crippen molar-refractivity contribution in [2.45, 2.75) is 101 Å². The number of ether oxygens (including phenoxy) is 2. The van der Waals surface area contributed by atoms with Crippen LogP contribution in [-0.2, 0) is 39.9 Å². The third-order valence-corrected chi connectivity index (χ3v) is 11.0. The zero-order valence-electron chi connectivity index (χ0n) is 32.7. The van der Waals surface area contributed by atoms with Crippen molar-refractivity contribution >= 4 is 47.2 Å². The van der Waals surface area contributed by atoms with E-state index in [0.717, 1.165) is 12.1 Å². The average molecular weight is 828 g/mol. The number of rotatable bonds is 7. The molecular weight excluding hydrogens is 779 g/mol. The molecule has 4 aliphatic rings. The maximum Gasteiger partial charge on any atom is 0.573 e. The topological polar surface area (TPSA) is 196 Å². The van der Waals surface area contributed by atoms with Crippen LogP contribution >= 0.6 is 0 Å². The summed E-state index contributed by atoms with van der Waals surface area (Å²) in [4.78, 5) is 101. The van der Waals surface area contributed by atoms with Crippen molar-refractivity contribution in [2.75, 3.05) is 31.6 Å². The lowest BCUT2D eigenvalue weighted by Crippen LogP contribution is -2.62. The van der Waals surface area contributed by atoms with Crippen molar-refractivity contribution in [3.63, 3.8) is 0 Å². The van der Waals surface area contributed by atoms with Gasteiger partial charge in [0.2, 0.25) is 29.5 Å². The highest BCUT2D eigenvalue weighted by atomic mass is 19.4. The number of hydrogen-bond acceptors (Lipinski definition) is 9. The molecule has 16 nitrogen and oxygen atoms in total. The molecule has 4 aliphatic heterocycles. The summed E-state index contributed by atoms with van der Waals surface area (Å²) >= 11 is 0. The van der Waals surface area contributed by atoms with Crippen molar-refractivity contribution in [1.29, 1.82) is 0 Å². The minimum Gasteiger partial charge on any atom is -0.461 e. The Hall–Kier alpha value is -5.88. The second kappa shape index (κ2) is 18.4. The number of hydrogen-bond donors (Lipinski definition) is 4. The molecule has 0 bridgehead atoms. The van der Waals surface area contributed by atoms with Gasteiger partial charge in [0.1, 0.15) is 48.6 Å². The molecule has 4 heterocycles. The number of fused-ring (bicyclic) bond motifs is 3. The minimum absolute atomic E-state index is 0.0718. The van der Waals surface area contributed by atoms with E-state index in [1.807, 2.05) is 6.92 Å². The van der Waals surface area contributed by atoms with Crippen LogP contribution in [0.25, 0.3) is 0 Å². The maximum absolute atomic E-state index is 14.5. The summed E-state index contributed by atoms with van der Waals surface area (Å²) in [6.45, 7) is 3.33. The number of nitrogens with one attached hydrogen (secondary N) is 4. The quantitative estimate of drug-likeness (QED) is 0.304. The molecule has 0 saturated carbocycles. The molecule has 0 aliphatic carbocycles. The van der Waals surface area contributed by atoms with Crippen LogP contribution in [0.4, 0.5) is 23.7 Å².